The summed E-state index contributed by atoms with van der Waals surface area (Å²) in [5, 5.41) is -0.0618. The van der Waals surface area contributed by atoms with Gasteiger partial charge in [0.05, 0.1) is 16.4 Å². The minimum atomic E-state index is -0.0618. The fourth-order valence-corrected chi connectivity index (χ4v) is 3.77. The highest BCUT2D eigenvalue weighted by molar-refractivity contribution is 6.20. The molecule has 4 heteroatoms. The molecule has 2 aromatic rings. The first-order valence-corrected chi connectivity index (χ1v) is 8.39. The molecule has 1 aromatic carbocycles. The molecular formula is C17H24ClN3. The predicted molar refractivity (Wildman–Crippen MR) is 89.0 cm³/mol. The summed E-state index contributed by atoms with van der Waals surface area (Å²) >= 11 is 6.39. The van der Waals surface area contributed by atoms with Crippen molar-refractivity contribution in [2.75, 3.05) is 13.1 Å². The molecule has 1 aliphatic rings. The fourth-order valence-electron chi connectivity index (χ4n) is 3.60. The maximum Gasteiger partial charge on any atom is 0.127 e. The number of alkyl halides is 1. The summed E-state index contributed by atoms with van der Waals surface area (Å²) in [7, 11) is 0. The highest BCUT2D eigenvalue weighted by Gasteiger charge is 2.26. The van der Waals surface area contributed by atoms with Gasteiger partial charge in [-0.25, -0.2) is 4.98 Å². The Kier molecular flexibility index (Phi) is 4.23. The Labute approximate surface area is 131 Å². The fraction of sp³-hybridized carbons (Fsp3) is 0.588. The molecule has 2 heterocycles. The number of rotatable bonds is 4. The second kappa shape index (κ2) is 5.98. The normalized spacial score (nSPS) is 21.2. The maximum absolute atomic E-state index is 6.39. The second-order valence-corrected chi connectivity index (χ2v) is 6.72. The average molecular weight is 306 g/mol. The van der Waals surface area contributed by atoms with E-state index in [2.05, 4.69) is 41.5 Å². The maximum atomic E-state index is 6.39. The summed E-state index contributed by atoms with van der Waals surface area (Å²) in [6.45, 7) is 9.78. The molecule has 21 heavy (non-hydrogen) atoms. The predicted octanol–water partition coefficient (Wildman–Crippen LogP) is 4.13. The number of hydrogen-bond donors (Lipinski definition) is 0. The molecule has 3 nitrogen and oxygen atoms in total. The molecule has 114 valence electrons. The van der Waals surface area contributed by atoms with Crippen LogP contribution < -0.4 is 0 Å². The van der Waals surface area contributed by atoms with Crippen LogP contribution in [0.25, 0.3) is 11.0 Å². The smallest absolute Gasteiger partial charge is 0.127 e. The van der Waals surface area contributed by atoms with Gasteiger partial charge in [-0.15, -0.1) is 11.6 Å². The van der Waals surface area contributed by atoms with Gasteiger partial charge in [0.2, 0.25) is 0 Å². The SMILES string of the molecule is CCN1CCCC1Cn1c(C(C)Cl)nc2cccc(C)c21. The number of benzene rings is 1. The number of likely N-dealkylation sites (N-methyl/N-ethyl adjacent to an activating group) is 1. The van der Waals surface area contributed by atoms with Gasteiger partial charge < -0.3 is 4.57 Å². The van der Waals surface area contributed by atoms with Gasteiger partial charge in [-0.3, -0.25) is 4.90 Å². The number of para-hydroxylation sites is 1. The van der Waals surface area contributed by atoms with Crippen LogP contribution in [0.1, 0.15) is 43.5 Å². The number of halogens is 1. The molecular weight excluding hydrogens is 282 g/mol. The third-order valence-corrected chi connectivity index (χ3v) is 4.85. The van der Waals surface area contributed by atoms with Crippen LogP contribution in [0.4, 0.5) is 0 Å². The van der Waals surface area contributed by atoms with Crippen molar-refractivity contribution >= 4 is 22.6 Å². The highest BCUT2D eigenvalue weighted by atomic mass is 35.5. The number of nitrogens with zero attached hydrogens (tertiary/aromatic N) is 3. The Morgan fingerprint density at radius 3 is 2.95 bits per heavy atom. The zero-order chi connectivity index (χ0) is 15.0. The lowest BCUT2D eigenvalue weighted by Crippen LogP contribution is -2.33. The lowest BCUT2D eigenvalue weighted by atomic mass is 10.2. The van der Waals surface area contributed by atoms with Gasteiger partial charge in [-0.2, -0.15) is 0 Å². The molecule has 1 aromatic heterocycles. The van der Waals surface area contributed by atoms with E-state index in [9.17, 15) is 0 Å². The van der Waals surface area contributed by atoms with E-state index in [4.69, 9.17) is 16.6 Å². The molecule has 0 N–H and O–H groups in total. The topological polar surface area (TPSA) is 21.1 Å². The minimum Gasteiger partial charge on any atom is -0.325 e. The van der Waals surface area contributed by atoms with Crippen LogP contribution in [0, 0.1) is 6.92 Å². The first-order valence-electron chi connectivity index (χ1n) is 7.95. The van der Waals surface area contributed by atoms with Crippen LogP contribution in [0.5, 0.6) is 0 Å². The molecule has 0 aliphatic carbocycles. The highest BCUT2D eigenvalue weighted by Crippen LogP contribution is 2.29. The van der Waals surface area contributed by atoms with Crippen molar-refractivity contribution in [2.45, 2.75) is 51.6 Å². The lowest BCUT2D eigenvalue weighted by Gasteiger charge is -2.24. The third-order valence-electron chi connectivity index (χ3n) is 4.65. The molecule has 1 saturated heterocycles. The summed E-state index contributed by atoms with van der Waals surface area (Å²) in [5.74, 6) is 1.00. The van der Waals surface area contributed by atoms with E-state index in [1.165, 1.54) is 30.5 Å². The Balaban J connectivity index is 2.05. The van der Waals surface area contributed by atoms with E-state index in [0.717, 1.165) is 24.4 Å². The Bertz CT molecular complexity index is 632. The summed E-state index contributed by atoms with van der Waals surface area (Å²) in [4.78, 5) is 7.35. The van der Waals surface area contributed by atoms with E-state index >= 15 is 0 Å². The van der Waals surface area contributed by atoms with Crippen LogP contribution in [0.15, 0.2) is 18.2 Å². The molecule has 2 unspecified atom stereocenters. The molecule has 0 saturated carbocycles. The molecule has 1 aliphatic heterocycles. The number of likely N-dealkylation sites (tertiary alicyclic amines) is 1. The standard InChI is InChI=1S/C17H24ClN3/c1-4-20-10-6-8-14(20)11-21-16-12(2)7-5-9-15(16)19-17(21)13(3)18/h5,7,9,13-14H,4,6,8,10-11H2,1-3H3. The first kappa shape index (κ1) is 14.9. The van der Waals surface area contributed by atoms with Crippen LogP contribution in [0.3, 0.4) is 0 Å². The molecule has 3 rings (SSSR count). The van der Waals surface area contributed by atoms with Crippen molar-refractivity contribution in [3.05, 3.63) is 29.6 Å². The Morgan fingerprint density at radius 2 is 2.24 bits per heavy atom. The van der Waals surface area contributed by atoms with Crippen LogP contribution >= 0.6 is 11.6 Å². The number of aromatic nitrogens is 2. The minimum absolute atomic E-state index is 0.0618. The van der Waals surface area contributed by atoms with E-state index < -0.39 is 0 Å². The van der Waals surface area contributed by atoms with E-state index in [1.54, 1.807) is 0 Å². The third kappa shape index (κ3) is 2.69. The van der Waals surface area contributed by atoms with Gasteiger partial charge in [0.1, 0.15) is 5.82 Å². The van der Waals surface area contributed by atoms with Crippen molar-refractivity contribution < 1.29 is 0 Å². The second-order valence-electron chi connectivity index (χ2n) is 6.06. The summed E-state index contributed by atoms with van der Waals surface area (Å²) < 4.78 is 2.36. The largest absolute Gasteiger partial charge is 0.325 e. The molecule has 0 radical (unpaired) electrons. The van der Waals surface area contributed by atoms with E-state index in [0.29, 0.717) is 6.04 Å². The quantitative estimate of drug-likeness (QED) is 0.792. The number of aryl methyl sites for hydroxylation is 1. The van der Waals surface area contributed by atoms with Gasteiger partial charge in [0.15, 0.2) is 0 Å². The number of hydrogen-bond acceptors (Lipinski definition) is 2. The van der Waals surface area contributed by atoms with Crippen LogP contribution in [-0.4, -0.2) is 33.6 Å². The van der Waals surface area contributed by atoms with Gasteiger partial charge in [0.25, 0.3) is 0 Å². The van der Waals surface area contributed by atoms with E-state index in [-0.39, 0.29) is 5.38 Å². The van der Waals surface area contributed by atoms with Crippen molar-refractivity contribution in [3.8, 4) is 0 Å². The van der Waals surface area contributed by atoms with Crippen molar-refractivity contribution in [1.29, 1.82) is 0 Å². The van der Waals surface area contributed by atoms with Gasteiger partial charge in [-0.1, -0.05) is 19.1 Å². The van der Waals surface area contributed by atoms with Crippen molar-refractivity contribution in [1.82, 2.24) is 14.5 Å². The molecule has 0 spiro atoms. The molecule has 0 bridgehead atoms. The zero-order valence-electron chi connectivity index (χ0n) is 13.1. The zero-order valence-corrected chi connectivity index (χ0v) is 13.9. The van der Waals surface area contributed by atoms with E-state index in [1.807, 2.05) is 6.92 Å². The summed E-state index contributed by atoms with van der Waals surface area (Å²) in [6, 6.07) is 6.94. The summed E-state index contributed by atoms with van der Waals surface area (Å²) in [6.07, 6.45) is 2.57. The Hall–Kier alpha value is -1.06. The molecule has 2 atom stereocenters. The summed E-state index contributed by atoms with van der Waals surface area (Å²) in [5.41, 5.74) is 3.60. The van der Waals surface area contributed by atoms with Crippen molar-refractivity contribution in [3.63, 3.8) is 0 Å². The molecule has 0 amide bonds. The van der Waals surface area contributed by atoms with Gasteiger partial charge in [-0.05, 0) is 51.4 Å². The van der Waals surface area contributed by atoms with Gasteiger partial charge in [0, 0.05) is 12.6 Å². The van der Waals surface area contributed by atoms with Gasteiger partial charge >= 0.3 is 0 Å². The van der Waals surface area contributed by atoms with Crippen LogP contribution in [0.2, 0.25) is 0 Å². The van der Waals surface area contributed by atoms with Crippen LogP contribution in [-0.2, 0) is 6.54 Å². The lowest BCUT2D eigenvalue weighted by molar-refractivity contribution is 0.244. The Morgan fingerprint density at radius 1 is 1.43 bits per heavy atom. The number of fused-ring (bicyclic) bond motifs is 1. The van der Waals surface area contributed by atoms with Crippen molar-refractivity contribution in [2.24, 2.45) is 0 Å². The average Bonchev–Trinajstić information content (AvgIpc) is 3.04. The first-order chi connectivity index (χ1) is 10.1. The number of imidazole rings is 1. The molecule has 1 fully saturated rings. The monoisotopic (exact) mass is 305 g/mol.